The Kier molecular flexibility index (Phi) is 4.90. The number of rotatable bonds is 4. The predicted octanol–water partition coefficient (Wildman–Crippen LogP) is 1.80. The SMILES string of the molecule is Cc1ccc(C#N)cc1S(=O)(=O)N[C@H]1CCCO[C@@H]1c1cnn(C)c1. The van der Waals surface area contributed by atoms with Crippen molar-refractivity contribution in [1.29, 1.82) is 5.26 Å². The molecule has 1 aliphatic heterocycles. The van der Waals surface area contributed by atoms with Crippen molar-refractivity contribution in [3.63, 3.8) is 0 Å². The van der Waals surface area contributed by atoms with Crippen molar-refractivity contribution in [2.45, 2.75) is 36.8 Å². The second-order valence-electron chi connectivity index (χ2n) is 6.20. The van der Waals surface area contributed by atoms with Crippen molar-refractivity contribution in [3.05, 3.63) is 47.3 Å². The fraction of sp³-hybridized carbons (Fsp3) is 0.412. The molecular weight excluding hydrogens is 340 g/mol. The maximum Gasteiger partial charge on any atom is 0.241 e. The van der Waals surface area contributed by atoms with Crippen LogP contribution in [0.15, 0.2) is 35.5 Å². The van der Waals surface area contributed by atoms with Crippen LogP contribution in [0.2, 0.25) is 0 Å². The van der Waals surface area contributed by atoms with E-state index in [2.05, 4.69) is 9.82 Å². The van der Waals surface area contributed by atoms with E-state index in [1.807, 2.05) is 19.3 Å². The van der Waals surface area contributed by atoms with Gasteiger partial charge in [-0.25, -0.2) is 13.1 Å². The zero-order valence-corrected chi connectivity index (χ0v) is 15.0. The van der Waals surface area contributed by atoms with Gasteiger partial charge in [0.25, 0.3) is 0 Å². The minimum atomic E-state index is -3.77. The number of aromatic nitrogens is 2. The van der Waals surface area contributed by atoms with Gasteiger partial charge in [0.15, 0.2) is 0 Å². The molecule has 0 unspecified atom stereocenters. The van der Waals surface area contributed by atoms with Gasteiger partial charge in [-0.15, -0.1) is 0 Å². The van der Waals surface area contributed by atoms with Crippen LogP contribution >= 0.6 is 0 Å². The molecule has 0 bridgehead atoms. The number of benzene rings is 1. The molecule has 0 radical (unpaired) electrons. The lowest BCUT2D eigenvalue weighted by Crippen LogP contribution is -2.42. The third-order valence-corrected chi connectivity index (χ3v) is 5.92. The van der Waals surface area contributed by atoms with E-state index in [1.54, 1.807) is 29.9 Å². The van der Waals surface area contributed by atoms with Crippen molar-refractivity contribution < 1.29 is 13.2 Å². The Labute approximate surface area is 147 Å². The lowest BCUT2D eigenvalue weighted by atomic mass is 9.99. The molecule has 1 N–H and O–H groups in total. The third-order valence-electron chi connectivity index (χ3n) is 4.29. The van der Waals surface area contributed by atoms with Crippen LogP contribution in [-0.2, 0) is 21.8 Å². The highest BCUT2D eigenvalue weighted by Gasteiger charge is 2.32. The van der Waals surface area contributed by atoms with Gasteiger partial charge in [-0.1, -0.05) is 6.07 Å². The van der Waals surface area contributed by atoms with Gasteiger partial charge in [-0.3, -0.25) is 4.68 Å². The number of ether oxygens (including phenoxy) is 1. The molecule has 132 valence electrons. The molecule has 2 heterocycles. The molecule has 2 aromatic rings. The molecule has 0 aliphatic carbocycles. The molecule has 0 spiro atoms. The van der Waals surface area contributed by atoms with Gasteiger partial charge in [0.05, 0.1) is 28.8 Å². The molecule has 3 rings (SSSR count). The summed E-state index contributed by atoms with van der Waals surface area (Å²) in [5.74, 6) is 0. The smallest absolute Gasteiger partial charge is 0.241 e. The number of nitrogens with one attached hydrogen (secondary N) is 1. The second kappa shape index (κ2) is 6.96. The molecule has 0 saturated carbocycles. The molecule has 8 heteroatoms. The summed E-state index contributed by atoms with van der Waals surface area (Å²) in [6.45, 7) is 2.30. The summed E-state index contributed by atoms with van der Waals surface area (Å²) in [5.41, 5.74) is 1.76. The Balaban J connectivity index is 1.89. The minimum Gasteiger partial charge on any atom is -0.372 e. The van der Waals surface area contributed by atoms with Gasteiger partial charge in [0.2, 0.25) is 10.0 Å². The van der Waals surface area contributed by atoms with Crippen LogP contribution in [0.1, 0.15) is 35.6 Å². The monoisotopic (exact) mass is 360 g/mol. The van der Waals surface area contributed by atoms with E-state index in [9.17, 15) is 8.42 Å². The first kappa shape index (κ1) is 17.6. The van der Waals surface area contributed by atoms with E-state index in [4.69, 9.17) is 10.00 Å². The molecule has 1 aromatic heterocycles. The summed E-state index contributed by atoms with van der Waals surface area (Å²) < 4.78 is 36.0. The molecule has 1 fully saturated rings. The Bertz CT molecular complexity index is 914. The molecular formula is C17H20N4O3S. The number of hydrogen-bond acceptors (Lipinski definition) is 5. The summed E-state index contributed by atoms with van der Waals surface area (Å²) >= 11 is 0. The fourth-order valence-electron chi connectivity index (χ4n) is 3.04. The van der Waals surface area contributed by atoms with Crippen LogP contribution < -0.4 is 4.72 Å². The molecule has 1 aromatic carbocycles. The predicted molar refractivity (Wildman–Crippen MR) is 91.1 cm³/mol. The molecule has 2 atom stereocenters. The van der Waals surface area contributed by atoms with Gasteiger partial charge in [0.1, 0.15) is 6.10 Å². The Morgan fingerprint density at radius 1 is 1.44 bits per heavy atom. The summed E-state index contributed by atoms with van der Waals surface area (Å²) in [4.78, 5) is 0.127. The van der Waals surface area contributed by atoms with E-state index in [-0.39, 0.29) is 17.0 Å². The Morgan fingerprint density at radius 3 is 2.92 bits per heavy atom. The van der Waals surface area contributed by atoms with Crippen LogP contribution in [0.5, 0.6) is 0 Å². The number of nitriles is 1. The van der Waals surface area contributed by atoms with Gasteiger partial charge >= 0.3 is 0 Å². The van der Waals surface area contributed by atoms with E-state index >= 15 is 0 Å². The van der Waals surface area contributed by atoms with Crippen molar-refractivity contribution in [2.75, 3.05) is 6.61 Å². The van der Waals surface area contributed by atoms with E-state index in [0.29, 0.717) is 24.2 Å². The summed E-state index contributed by atoms with van der Waals surface area (Å²) in [7, 11) is -1.96. The number of aryl methyl sites for hydroxylation is 2. The van der Waals surface area contributed by atoms with Crippen LogP contribution in [0.3, 0.4) is 0 Å². The highest BCUT2D eigenvalue weighted by Crippen LogP contribution is 2.29. The Hall–Kier alpha value is -2.21. The third kappa shape index (κ3) is 3.74. The summed E-state index contributed by atoms with van der Waals surface area (Å²) in [6, 6.07) is 6.25. The van der Waals surface area contributed by atoms with Crippen LogP contribution in [0.25, 0.3) is 0 Å². The maximum absolute atomic E-state index is 12.9. The van der Waals surface area contributed by atoms with E-state index in [0.717, 1.165) is 12.0 Å². The number of nitrogens with zero attached hydrogens (tertiary/aromatic N) is 3. The topological polar surface area (TPSA) is 97.0 Å². The molecule has 7 nitrogen and oxygen atoms in total. The molecule has 25 heavy (non-hydrogen) atoms. The summed E-state index contributed by atoms with van der Waals surface area (Å²) in [5, 5.41) is 13.2. The summed E-state index contributed by atoms with van der Waals surface area (Å²) in [6.07, 6.45) is 4.60. The van der Waals surface area contributed by atoms with Gasteiger partial charge in [-0.2, -0.15) is 10.4 Å². The van der Waals surface area contributed by atoms with Crippen molar-refractivity contribution in [3.8, 4) is 6.07 Å². The van der Waals surface area contributed by atoms with Crippen molar-refractivity contribution in [1.82, 2.24) is 14.5 Å². The highest BCUT2D eigenvalue weighted by atomic mass is 32.2. The maximum atomic E-state index is 12.9. The van der Waals surface area contributed by atoms with Crippen molar-refractivity contribution >= 4 is 10.0 Å². The fourth-order valence-corrected chi connectivity index (χ4v) is 4.58. The first-order chi connectivity index (χ1) is 11.9. The lowest BCUT2D eigenvalue weighted by Gasteiger charge is -2.31. The molecule has 1 aliphatic rings. The van der Waals surface area contributed by atoms with Crippen molar-refractivity contribution in [2.24, 2.45) is 7.05 Å². The van der Waals surface area contributed by atoms with Crippen LogP contribution in [0.4, 0.5) is 0 Å². The highest BCUT2D eigenvalue weighted by molar-refractivity contribution is 7.89. The quantitative estimate of drug-likeness (QED) is 0.897. The van der Waals surface area contributed by atoms with Gasteiger partial charge in [0, 0.05) is 25.4 Å². The lowest BCUT2D eigenvalue weighted by molar-refractivity contribution is -0.00446. The first-order valence-electron chi connectivity index (χ1n) is 8.04. The van der Waals surface area contributed by atoms with Crippen LogP contribution in [0, 0.1) is 18.3 Å². The largest absolute Gasteiger partial charge is 0.372 e. The molecule has 1 saturated heterocycles. The number of hydrogen-bond donors (Lipinski definition) is 1. The Morgan fingerprint density at radius 2 is 2.24 bits per heavy atom. The van der Waals surface area contributed by atoms with E-state index in [1.165, 1.54) is 6.07 Å². The average molecular weight is 360 g/mol. The van der Waals surface area contributed by atoms with Gasteiger partial charge in [-0.05, 0) is 37.5 Å². The minimum absolute atomic E-state index is 0.127. The normalized spacial score (nSPS) is 21.0. The van der Waals surface area contributed by atoms with E-state index < -0.39 is 10.0 Å². The second-order valence-corrected chi connectivity index (χ2v) is 7.88. The average Bonchev–Trinajstić information content (AvgIpc) is 3.01. The number of sulfonamides is 1. The van der Waals surface area contributed by atoms with Crippen LogP contribution in [-0.4, -0.2) is 30.8 Å². The zero-order chi connectivity index (χ0) is 18.0. The standard InChI is InChI=1S/C17H20N4O3S/c1-12-5-6-13(9-18)8-16(12)25(22,23)20-15-4-3-7-24-17(15)14-10-19-21(2)11-14/h5-6,8,10-11,15,17,20H,3-4,7H2,1-2H3/t15-,17+/m0/s1. The zero-order valence-electron chi connectivity index (χ0n) is 14.1. The molecule has 0 amide bonds. The first-order valence-corrected chi connectivity index (χ1v) is 9.52. The van der Waals surface area contributed by atoms with Gasteiger partial charge < -0.3 is 4.74 Å².